The number of hydrogen-bond acceptors (Lipinski definition) is 3. The van der Waals surface area contributed by atoms with Crippen molar-refractivity contribution in [3.8, 4) is 5.75 Å². The van der Waals surface area contributed by atoms with E-state index in [4.69, 9.17) is 16.3 Å². The molecule has 17 heavy (non-hydrogen) atoms. The average molecular weight is 256 g/mol. The number of halogens is 1. The number of ether oxygens (including phenoxy) is 1. The number of hydrogen-bond donors (Lipinski definition) is 1. The van der Waals surface area contributed by atoms with Crippen molar-refractivity contribution in [1.29, 1.82) is 0 Å². The predicted molar refractivity (Wildman–Crippen MR) is 68.6 cm³/mol. The van der Waals surface area contributed by atoms with Crippen molar-refractivity contribution in [3.63, 3.8) is 0 Å². The second-order valence-corrected chi connectivity index (χ2v) is 5.28. The van der Waals surface area contributed by atoms with E-state index in [9.17, 15) is 5.11 Å². The first-order valence-corrected chi connectivity index (χ1v) is 6.11. The van der Waals surface area contributed by atoms with Gasteiger partial charge in [-0.05, 0) is 38.6 Å². The van der Waals surface area contributed by atoms with E-state index in [1.54, 1.807) is 25.3 Å². The lowest BCUT2D eigenvalue weighted by Crippen LogP contribution is -2.29. The molecule has 0 aromatic heterocycles. The van der Waals surface area contributed by atoms with Crippen molar-refractivity contribution >= 4 is 11.6 Å². The van der Waals surface area contributed by atoms with Crippen LogP contribution in [0.4, 0.5) is 0 Å². The first kappa shape index (κ1) is 12.7. The molecule has 0 spiro atoms. The number of nitrogens with zero attached hydrogens (tertiary/aromatic N) is 1. The normalized spacial score (nSPS) is 29.6. The minimum absolute atomic E-state index is 0.351. The van der Waals surface area contributed by atoms with Crippen molar-refractivity contribution in [1.82, 2.24) is 4.90 Å². The van der Waals surface area contributed by atoms with Gasteiger partial charge in [-0.3, -0.25) is 0 Å². The molecular weight excluding hydrogens is 238 g/mol. The van der Waals surface area contributed by atoms with Crippen LogP contribution >= 0.6 is 11.6 Å². The molecule has 0 aliphatic carbocycles. The summed E-state index contributed by atoms with van der Waals surface area (Å²) in [5.74, 6) is 0.694. The number of aliphatic hydroxyl groups is 1. The molecule has 1 aromatic carbocycles. The Bertz CT molecular complexity index is 412. The molecule has 4 heteroatoms. The maximum absolute atomic E-state index is 10.8. The van der Waals surface area contributed by atoms with Gasteiger partial charge in [0.2, 0.25) is 0 Å². The third-order valence-electron chi connectivity index (χ3n) is 3.56. The zero-order valence-corrected chi connectivity index (χ0v) is 11.2. The molecule has 1 aromatic rings. The minimum Gasteiger partial charge on any atom is -0.496 e. The van der Waals surface area contributed by atoms with Gasteiger partial charge in [0.1, 0.15) is 11.4 Å². The van der Waals surface area contributed by atoms with Crippen LogP contribution in [-0.4, -0.2) is 36.8 Å². The fourth-order valence-corrected chi connectivity index (χ4v) is 2.69. The molecule has 1 aliphatic heterocycles. The highest BCUT2D eigenvalue weighted by atomic mass is 35.5. The van der Waals surface area contributed by atoms with Crippen molar-refractivity contribution in [2.24, 2.45) is 0 Å². The summed E-state index contributed by atoms with van der Waals surface area (Å²) in [6.45, 7) is 2.71. The molecular formula is C13H18ClNO2. The first-order chi connectivity index (χ1) is 7.96. The number of rotatable bonds is 2. The van der Waals surface area contributed by atoms with Gasteiger partial charge in [-0.1, -0.05) is 11.6 Å². The van der Waals surface area contributed by atoms with Gasteiger partial charge in [0.05, 0.1) is 7.11 Å². The molecule has 2 atom stereocenters. The van der Waals surface area contributed by atoms with Crippen molar-refractivity contribution in [3.05, 3.63) is 28.8 Å². The Balaban J connectivity index is 2.42. The highest BCUT2D eigenvalue weighted by molar-refractivity contribution is 6.30. The standard InChI is InChI=1S/C13H18ClNO2/c1-9-7-13(16,8-15(9)2)11-6-10(14)4-5-12(11)17-3/h4-6,9,16H,7-8H2,1-3H3. The monoisotopic (exact) mass is 255 g/mol. The number of benzene rings is 1. The summed E-state index contributed by atoms with van der Waals surface area (Å²) >= 11 is 6.01. The minimum atomic E-state index is -0.871. The van der Waals surface area contributed by atoms with E-state index in [2.05, 4.69) is 11.8 Å². The highest BCUT2D eigenvalue weighted by Gasteiger charge is 2.42. The molecule has 94 valence electrons. The van der Waals surface area contributed by atoms with Gasteiger partial charge in [0, 0.05) is 23.2 Å². The molecule has 1 saturated heterocycles. The van der Waals surface area contributed by atoms with Crippen LogP contribution in [0.25, 0.3) is 0 Å². The number of likely N-dealkylation sites (tertiary alicyclic amines) is 1. The molecule has 3 nitrogen and oxygen atoms in total. The molecule has 0 radical (unpaired) electrons. The highest BCUT2D eigenvalue weighted by Crippen LogP contribution is 2.40. The maximum Gasteiger partial charge on any atom is 0.125 e. The third kappa shape index (κ3) is 2.28. The molecule has 0 saturated carbocycles. The molecule has 0 bridgehead atoms. The van der Waals surface area contributed by atoms with Crippen molar-refractivity contribution in [2.45, 2.75) is 25.0 Å². The van der Waals surface area contributed by atoms with Crippen LogP contribution in [0, 0.1) is 0 Å². The summed E-state index contributed by atoms with van der Waals surface area (Å²) in [5, 5.41) is 11.4. The Morgan fingerprint density at radius 2 is 2.24 bits per heavy atom. The SMILES string of the molecule is COc1ccc(Cl)cc1C1(O)CC(C)N(C)C1. The van der Waals surface area contributed by atoms with Crippen LogP contribution in [0.15, 0.2) is 18.2 Å². The van der Waals surface area contributed by atoms with E-state index < -0.39 is 5.60 Å². The summed E-state index contributed by atoms with van der Waals surface area (Å²) in [7, 11) is 3.62. The summed E-state index contributed by atoms with van der Waals surface area (Å²) in [4.78, 5) is 2.14. The lowest BCUT2D eigenvalue weighted by Gasteiger charge is -2.25. The smallest absolute Gasteiger partial charge is 0.125 e. The Labute approximate surface area is 107 Å². The van der Waals surface area contributed by atoms with Gasteiger partial charge in [0.15, 0.2) is 0 Å². The fraction of sp³-hybridized carbons (Fsp3) is 0.538. The predicted octanol–water partition coefficient (Wildman–Crippen LogP) is 2.26. The van der Waals surface area contributed by atoms with Gasteiger partial charge < -0.3 is 14.7 Å². The van der Waals surface area contributed by atoms with Crippen LogP contribution in [-0.2, 0) is 5.60 Å². The first-order valence-electron chi connectivity index (χ1n) is 5.73. The van der Waals surface area contributed by atoms with E-state index in [1.165, 1.54) is 0 Å². The molecule has 0 amide bonds. The molecule has 2 unspecified atom stereocenters. The maximum atomic E-state index is 10.8. The Hall–Kier alpha value is -0.770. The van der Waals surface area contributed by atoms with Gasteiger partial charge in [-0.2, -0.15) is 0 Å². The molecule has 1 fully saturated rings. The third-order valence-corrected chi connectivity index (χ3v) is 3.79. The lowest BCUT2D eigenvalue weighted by molar-refractivity contribution is 0.0461. The molecule has 2 rings (SSSR count). The largest absolute Gasteiger partial charge is 0.496 e. The zero-order chi connectivity index (χ0) is 12.6. The topological polar surface area (TPSA) is 32.7 Å². The number of likely N-dealkylation sites (N-methyl/N-ethyl adjacent to an activating group) is 1. The van der Waals surface area contributed by atoms with E-state index in [0.29, 0.717) is 29.8 Å². The summed E-state index contributed by atoms with van der Waals surface area (Å²) in [5.41, 5.74) is -0.0894. The number of β-amino-alcohol motifs (C(OH)–C–C–N with tert-alkyl or cyclic N) is 1. The molecule has 1 N–H and O–H groups in total. The van der Waals surface area contributed by atoms with Gasteiger partial charge in [-0.15, -0.1) is 0 Å². The van der Waals surface area contributed by atoms with E-state index in [1.807, 2.05) is 7.05 Å². The Morgan fingerprint density at radius 3 is 2.76 bits per heavy atom. The second kappa shape index (κ2) is 4.48. The van der Waals surface area contributed by atoms with E-state index in [0.717, 1.165) is 5.56 Å². The van der Waals surface area contributed by atoms with Crippen molar-refractivity contribution in [2.75, 3.05) is 20.7 Å². The van der Waals surface area contributed by atoms with Crippen molar-refractivity contribution < 1.29 is 9.84 Å². The second-order valence-electron chi connectivity index (χ2n) is 4.84. The van der Waals surface area contributed by atoms with Crippen LogP contribution in [0.3, 0.4) is 0 Å². The average Bonchev–Trinajstić information content (AvgIpc) is 2.54. The zero-order valence-electron chi connectivity index (χ0n) is 10.4. The quantitative estimate of drug-likeness (QED) is 0.880. The lowest BCUT2D eigenvalue weighted by atomic mass is 9.90. The summed E-state index contributed by atoms with van der Waals surface area (Å²) < 4.78 is 5.31. The summed E-state index contributed by atoms with van der Waals surface area (Å²) in [6.07, 6.45) is 0.695. The van der Waals surface area contributed by atoms with Gasteiger partial charge in [0.25, 0.3) is 0 Å². The Morgan fingerprint density at radius 1 is 1.53 bits per heavy atom. The van der Waals surface area contributed by atoms with E-state index >= 15 is 0 Å². The van der Waals surface area contributed by atoms with Crippen LogP contribution < -0.4 is 4.74 Å². The fourth-order valence-electron chi connectivity index (χ4n) is 2.52. The molecule has 1 heterocycles. The van der Waals surface area contributed by atoms with Crippen LogP contribution in [0.5, 0.6) is 5.75 Å². The molecule has 1 aliphatic rings. The van der Waals surface area contributed by atoms with E-state index in [-0.39, 0.29) is 0 Å². The Kier molecular flexibility index (Phi) is 3.34. The summed E-state index contributed by atoms with van der Waals surface area (Å²) in [6, 6.07) is 5.73. The number of methoxy groups -OCH3 is 1. The van der Waals surface area contributed by atoms with Gasteiger partial charge >= 0.3 is 0 Å². The van der Waals surface area contributed by atoms with Gasteiger partial charge in [-0.25, -0.2) is 0 Å². The van der Waals surface area contributed by atoms with Crippen LogP contribution in [0.1, 0.15) is 18.9 Å². The van der Waals surface area contributed by atoms with Crippen LogP contribution in [0.2, 0.25) is 5.02 Å².